The quantitative estimate of drug-likeness (QED) is 0.914. The number of aromatic hydroxyl groups is 1. The minimum atomic E-state index is -4.62. The van der Waals surface area contributed by atoms with Crippen molar-refractivity contribution >= 4 is 0 Å². The van der Waals surface area contributed by atoms with Gasteiger partial charge in [0, 0.05) is 0 Å². The zero-order valence-electron chi connectivity index (χ0n) is 9.85. The number of ether oxygens (including phenoxy) is 1. The number of rotatable bonds is 2. The Morgan fingerprint density at radius 2 is 1.75 bits per heavy atom. The number of aromatic nitrogens is 1. The summed E-state index contributed by atoms with van der Waals surface area (Å²) >= 11 is 0. The molecule has 0 unspecified atom stereocenters. The predicted molar refractivity (Wildman–Crippen MR) is 62.1 cm³/mol. The lowest BCUT2D eigenvalue weighted by molar-refractivity contribution is -0.141. The van der Waals surface area contributed by atoms with Crippen molar-refractivity contribution in [3.05, 3.63) is 47.7 Å². The van der Waals surface area contributed by atoms with Crippen molar-refractivity contribution in [1.82, 2.24) is 4.98 Å². The molecule has 0 radical (unpaired) electrons. The van der Waals surface area contributed by atoms with Crippen molar-refractivity contribution < 1.29 is 23.0 Å². The molecule has 0 aliphatic heterocycles. The van der Waals surface area contributed by atoms with Crippen LogP contribution in [-0.4, -0.2) is 10.1 Å². The van der Waals surface area contributed by atoms with E-state index in [0.717, 1.165) is 6.07 Å². The molecular weight excluding hydrogens is 273 g/mol. The summed E-state index contributed by atoms with van der Waals surface area (Å²) in [5.41, 5.74) is -1.27. The first-order valence-electron chi connectivity index (χ1n) is 5.35. The highest BCUT2D eigenvalue weighted by molar-refractivity contribution is 5.42. The molecule has 1 heterocycles. The second-order valence-electron chi connectivity index (χ2n) is 3.75. The van der Waals surface area contributed by atoms with Gasteiger partial charge in [0.2, 0.25) is 5.88 Å². The number of pyridine rings is 1. The zero-order valence-corrected chi connectivity index (χ0v) is 9.85. The SMILES string of the molecule is N#Cc1ccc(C(F)(F)F)nc1Oc1ccc(O)cc1. The smallest absolute Gasteiger partial charge is 0.433 e. The van der Waals surface area contributed by atoms with E-state index in [-0.39, 0.29) is 17.1 Å². The van der Waals surface area contributed by atoms with Crippen LogP contribution in [0.5, 0.6) is 17.4 Å². The summed E-state index contributed by atoms with van der Waals surface area (Å²) in [7, 11) is 0. The van der Waals surface area contributed by atoms with Gasteiger partial charge in [0.15, 0.2) is 0 Å². The molecule has 7 heteroatoms. The van der Waals surface area contributed by atoms with E-state index in [9.17, 15) is 13.2 Å². The lowest BCUT2D eigenvalue weighted by Gasteiger charge is -2.10. The lowest BCUT2D eigenvalue weighted by Crippen LogP contribution is -2.09. The predicted octanol–water partition coefficient (Wildman–Crippen LogP) is 3.47. The van der Waals surface area contributed by atoms with Gasteiger partial charge in [0.05, 0.1) is 0 Å². The van der Waals surface area contributed by atoms with Crippen LogP contribution in [0.15, 0.2) is 36.4 Å². The number of alkyl halides is 3. The standard InChI is InChI=1S/C13H7F3N2O2/c14-13(15,16)11-6-1-8(7-17)12(18-11)20-10-4-2-9(19)3-5-10/h1-6,19H. The van der Waals surface area contributed by atoms with Crippen molar-refractivity contribution in [3.63, 3.8) is 0 Å². The van der Waals surface area contributed by atoms with Crippen molar-refractivity contribution in [2.45, 2.75) is 6.18 Å². The van der Waals surface area contributed by atoms with Crippen LogP contribution in [0, 0.1) is 11.3 Å². The molecule has 0 spiro atoms. The van der Waals surface area contributed by atoms with Crippen LogP contribution in [0.2, 0.25) is 0 Å². The van der Waals surface area contributed by atoms with Crippen LogP contribution < -0.4 is 4.74 Å². The Balaban J connectivity index is 2.39. The van der Waals surface area contributed by atoms with E-state index in [1.807, 2.05) is 0 Å². The minimum Gasteiger partial charge on any atom is -0.508 e. The van der Waals surface area contributed by atoms with Gasteiger partial charge in [-0.25, -0.2) is 4.98 Å². The van der Waals surface area contributed by atoms with E-state index in [2.05, 4.69) is 4.98 Å². The van der Waals surface area contributed by atoms with Gasteiger partial charge in [-0.1, -0.05) is 0 Å². The molecule has 0 atom stereocenters. The molecule has 0 fully saturated rings. The van der Waals surface area contributed by atoms with Gasteiger partial charge >= 0.3 is 6.18 Å². The molecule has 0 saturated carbocycles. The third-order valence-corrected chi connectivity index (χ3v) is 2.32. The van der Waals surface area contributed by atoms with E-state index in [4.69, 9.17) is 15.1 Å². The first-order valence-corrected chi connectivity index (χ1v) is 5.35. The molecule has 1 aromatic carbocycles. The molecule has 0 aliphatic rings. The van der Waals surface area contributed by atoms with E-state index >= 15 is 0 Å². The third kappa shape index (κ3) is 2.98. The average Bonchev–Trinajstić information content (AvgIpc) is 2.40. The summed E-state index contributed by atoms with van der Waals surface area (Å²) < 4.78 is 42.8. The molecule has 1 N–H and O–H groups in total. The molecule has 0 bridgehead atoms. The first kappa shape index (κ1) is 13.7. The summed E-state index contributed by atoms with van der Waals surface area (Å²) in [4.78, 5) is 3.30. The fourth-order valence-corrected chi connectivity index (χ4v) is 1.39. The molecule has 2 aromatic rings. The van der Waals surface area contributed by atoms with Crippen LogP contribution in [-0.2, 0) is 6.18 Å². The van der Waals surface area contributed by atoms with Crippen molar-refractivity contribution in [1.29, 1.82) is 5.26 Å². The molecule has 0 saturated heterocycles. The average molecular weight is 280 g/mol. The van der Waals surface area contributed by atoms with Crippen LogP contribution in [0.1, 0.15) is 11.3 Å². The fourth-order valence-electron chi connectivity index (χ4n) is 1.39. The minimum absolute atomic E-state index is 0.0186. The topological polar surface area (TPSA) is 66.1 Å². The van der Waals surface area contributed by atoms with Crippen LogP contribution in [0.3, 0.4) is 0 Å². The van der Waals surface area contributed by atoms with Gasteiger partial charge < -0.3 is 9.84 Å². The second-order valence-corrected chi connectivity index (χ2v) is 3.75. The maximum Gasteiger partial charge on any atom is 0.433 e. The van der Waals surface area contributed by atoms with Gasteiger partial charge in [-0.3, -0.25) is 0 Å². The highest BCUT2D eigenvalue weighted by Crippen LogP contribution is 2.31. The summed E-state index contributed by atoms with van der Waals surface area (Å²) in [5.74, 6) is -0.297. The fraction of sp³-hybridized carbons (Fsp3) is 0.0769. The maximum atomic E-state index is 12.6. The Bertz CT molecular complexity index is 661. The summed E-state index contributed by atoms with van der Waals surface area (Å²) in [6.45, 7) is 0. The largest absolute Gasteiger partial charge is 0.508 e. The first-order chi connectivity index (χ1) is 9.40. The molecule has 1 aromatic heterocycles. The third-order valence-electron chi connectivity index (χ3n) is 2.32. The Kier molecular flexibility index (Phi) is 3.48. The van der Waals surface area contributed by atoms with Gasteiger partial charge in [0.1, 0.15) is 28.8 Å². The Morgan fingerprint density at radius 1 is 1.10 bits per heavy atom. The molecule has 20 heavy (non-hydrogen) atoms. The van der Waals surface area contributed by atoms with Gasteiger partial charge in [0.25, 0.3) is 0 Å². The van der Waals surface area contributed by atoms with E-state index in [0.29, 0.717) is 6.07 Å². The van der Waals surface area contributed by atoms with E-state index < -0.39 is 17.8 Å². The highest BCUT2D eigenvalue weighted by atomic mass is 19.4. The number of phenolic OH excluding ortho intramolecular Hbond substituents is 1. The number of nitrogens with zero attached hydrogens (tertiary/aromatic N) is 2. The van der Waals surface area contributed by atoms with Crippen LogP contribution >= 0.6 is 0 Å². The summed E-state index contributed by atoms with van der Waals surface area (Å²) in [6.07, 6.45) is -4.62. The van der Waals surface area contributed by atoms with Crippen molar-refractivity contribution in [2.24, 2.45) is 0 Å². The highest BCUT2D eigenvalue weighted by Gasteiger charge is 2.33. The summed E-state index contributed by atoms with van der Waals surface area (Å²) in [6, 6.07) is 8.70. The summed E-state index contributed by atoms with van der Waals surface area (Å²) in [5, 5.41) is 17.9. The molecular formula is C13H7F3N2O2. The van der Waals surface area contributed by atoms with E-state index in [1.54, 1.807) is 6.07 Å². The Labute approximate surface area is 111 Å². The van der Waals surface area contributed by atoms with E-state index in [1.165, 1.54) is 24.3 Å². The number of hydrogen-bond donors (Lipinski definition) is 1. The molecule has 102 valence electrons. The van der Waals surface area contributed by atoms with Crippen molar-refractivity contribution in [2.75, 3.05) is 0 Å². The number of phenols is 1. The monoisotopic (exact) mass is 280 g/mol. The molecule has 0 aliphatic carbocycles. The molecule has 4 nitrogen and oxygen atoms in total. The second kappa shape index (κ2) is 5.09. The zero-order chi connectivity index (χ0) is 14.8. The lowest BCUT2D eigenvalue weighted by atomic mass is 10.2. The van der Waals surface area contributed by atoms with Crippen LogP contribution in [0.4, 0.5) is 13.2 Å². The van der Waals surface area contributed by atoms with Gasteiger partial charge in [-0.05, 0) is 36.4 Å². The molecule has 2 rings (SSSR count). The van der Waals surface area contributed by atoms with Gasteiger partial charge in [-0.15, -0.1) is 0 Å². The van der Waals surface area contributed by atoms with Gasteiger partial charge in [-0.2, -0.15) is 18.4 Å². The van der Waals surface area contributed by atoms with Crippen molar-refractivity contribution in [3.8, 4) is 23.4 Å². The normalized spacial score (nSPS) is 10.9. The molecule has 0 amide bonds. The number of nitriles is 1. The Morgan fingerprint density at radius 3 is 2.30 bits per heavy atom. The number of hydrogen-bond acceptors (Lipinski definition) is 4. The van der Waals surface area contributed by atoms with Crippen LogP contribution in [0.25, 0.3) is 0 Å². The number of halogens is 3. The maximum absolute atomic E-state index is 12.6. The number of benzene rings is 1. The Hall–Kier alpha value is -2.75.